The quantitative estimate of drug-likeness (QED) is 0.543. The van der Waals surface area contributed by atoms with Gasteiger partial charge < -0.3 is 9.47 Å². The molecular formula is C11H13O3. The Morgan fingerprint density at radius 1 is 1.29 bits per heavy atom. The molecule has 0 bridgehead atoms. The highest BCUT2D eigenvalue weighted by molar-refractivity contribution is 5.72. The first kappa shape index (κ1) is 10.6. The molecule has 0 aliphatic carbocycles. The molecule has 1 rings (SSSR count). The molecule has 0 saturated heterocycles. The molecule has 0 heterocycles. The standard InChI is InChI=1S/C11H13O3/c1-3-4-11(12)14-10-7-5-9(13-2)6-8-10/h5-8H,1,3-4H2,2H3. The first-order valence-electron chi connectivity index (χ1n) is 4.40. The number of methoxy groups -OCH3 is 1. The summed E-state index contributed by atoms with van der Waals surface area (Å²) in [4.78, 5) is 11.1. The van der Waals surface area contributed by atoms with E-state index in [-0.39, 0.29) is 5.97 Å². The second-order valence-corrected chi connectivity index (χ2v) is 2.75. The summed E-state index contributed by atoms with van der Waals surface area (Å²) in [6.45, 7) is 3.57. The Labute approximate surface area is 83.6 Å². The third kappa shape index (κ3) is 3.09. The molecule has 1 aromatic rings. The number of hydrogen-bond acceptors (Lipinski definition) is 3. The van der Waals surface area contributed by atoms with Crippen LogP contribution in [0.15, 0.2) is 24.3 Å². The van der Waals surface area contributed by atoms with Crippen molar-refractivity contribution < 1.29 is 14.3 Å². The molecule has 0 aliphatic rings. The van der Waals surface area contributed by atoms with Crippen molar-refractivity contribution in [2.45, 2.75) is 12.8 Å². The largest absolute Gasteiger partial charge is 0.497 e. The molecule has 1 aromatic carbocycles. The van der Waals surface area contributed by atoms with Gasteiger partial charge in [-0.25, -0.2) is 0 Å². The fraction of sp³-hybridized carbons (Fsp3) is 0.273. The maximum atomic E-state index is 11.1. The Morgan fingerprint density at radius 2 is 1.86 bits per heavy atom. The van der Waals surface area contributed by atoms with E-state index in [0.29, 0.717) is 18.6 Å². The normalized spacial score (nSPS) is 9.57. The van der Waals surface area contributed by atoms with Crippen LogP contribution in [0, 0.1) is 6.92 Å². The molecule has 0 aliphatic heterocycles. The zero-order chi connectivity index (χ0) is 10.4. The lowest BCUT2D eigenvalue weighted by atomic mass is 10.3. The Morgan fingerprint density at radius 3 is 2.36 bits per heavy atom. The van der Waals surface area contributed by atoms with Gasteiger partial charge in [-0.1, -0.05) is 6.92 Å². The molecule has 1 radical (unpaired) electrons. The van der Waals surface area contributed by atoms with E-state index in [1.807, 2.05) is 0 Å². The minimum Gasteiger partial charge on any atom is -0.497 e. The monoisotopic (exact) mass is 193 g/mol. The SMILES string of the molecule is [CH2]CCC(=O)Oc1ccc(OC)cc1. The summed E-state index contributed by atoms with van der Waals surface area (Å²) in [6, 6.07) is 6.87. The Hall–Kier alpha value is -1.51. The van der Waals surface area contributed by atoms with Gasteiger partial charge in [0.1, 0.15) is 11.5 Å². The van der Waals surface area contributed by atoms with Crippen molar-refractivity contribution in [3.05, 3.63) is 31.2 Å². The van der Waals surface area contributed by atoms with Crippen LogP contribution in [0.5, 0.6) is 11.5 Å². The van der Waals surface area contributed by atoms with E-state index in [0.717, 1.165) is 5.75 Å². The van der Waals surface area contributed by atoms with Crippen molar-refractivity contribution in [2.75, 3.05) is 7.11 Å². The Bertz CT molecular complexity index is 290. The van der Waals surface area contributed by atoms with Crippen molar-refractivity contribution in [1.82, 2.24) is 0 Å². The van der Waals surface area contributed by atoms with Gasteiger partial charge in [0.05, 0.1) is 7.11 Å². The molecule has 75 valence electrons. The van der Waals surface area contributed by atoms with Crippen LogP contribution in [0.3, 0.4) is 0 Å². The second kappa shape index (κ2) is 5.27. The lowest BCUT2D eigenvalue weighted by Crippen LogP contribution is -2.06. The van der Waals surface area contributed by atoms with Gasteiger partial charge in [-0.05, 0) is 30.7 Å². The van der Waals surface area contributed by atoms with Gasteiger partial charge in [0.2, 0.25) is 0 Å². The molecule has 0 N–H and O–H groups in total. The molecule has 0 unspecified atom stereocenters. The zero-order valence-electron chi connectivity index (χ0n) is 8.16. The van der Waals surface area contributed by atoms with Gasteiger partial charge >= 0.3 is 5.97 Å². The van der Waals surface area contributed by atoms with Crippen molar-refractivity contribution in [3.8, 4) is 11.5 Å². The van der Waals surface area contributed by atoms with Crippen LogP contribution in [0.2, 0.25) is 0 Å². The number of ether oxygens (including phenoxy) is 2. The molecule has 0 saturated carbocycles. The van der Waals surface area contributed by atoms with Crippen LogP contribution in [-0.4, -0.2) is 13.1 Å². The molecule has 14 heavy (non-hydrogen) atoms. The summed E-state index contributed by atoms with van der Waals surface area (Å²) >= 11 is 0. The number of hydrogen-bond donors (Lipinski definition) is 0. The average Bonchev–Trinajstić information content (AvgIpc) is 2.19. The maximum Gasteiger partial charge on any atom is 0.311 e. The highest BCUT2D eigenvalue weighted by Crippen LogP contribution is 2.17. The Kier molecular flexibility index (Phi) is 3.98. The highest BCUT2D eigenvalue weighted by atomic mass is 16.5. The minimum absolute atomic E-state index is 0.259. The van der Waals surface area contributed by atoms with Gasteiger partial charge in [-0.15, -0.1) is 0 Å². The summed E-state index contributed by atoms with van der Waals surface area (Å²) in [6.07, 6.45) is 0.890. The van der Waals surface area contributed by atoms with E-state index in [1.165, 1.54) is 0 Å². The summed E-state index contributed by atoms with van der Waals surface area (Å²) < 4.78 is 9.99. The van der Waals surface area contributed by atoms with Crippen LogP contribution >= 0.6 is 0 Å². The van der Waals surface area contributed by atoms with Crippen molar-refractivity contribution in [2.24, 2.45) is 0 Å². The average molecular weight is 193 g/mol. The number of carbonyl (C=O) groups excluding carboxylic acids is 1. The molecule has 3 nitrogen and oxygen atoms in total. The van der Waals surface area contributed by atoms with E-state index >= 15 is 0 Å². The second-order valence-electron chi connectivity index (χ2n) is 2.75. The topological polar surface area (TPSA) is 35.5 Å². The highest BCUT2D eigenvalue weighted by Gasteiger charge is 2.02. The summed E-state index contributed by atoms with van der Waals surface area (Å²) in [5.41, 5.74) is 0. The number of esters is 1. The number of benzene rings is 1. The smallest absolute Gasteiger partial charge is 0.311 e. The predicted octanol–water partition coefficient (Wildman–Crippen LogP) is 2.21. The maximum absolute atomic E-state index is 11.1. The summed E-state index contributed by atoms with van der Waals surface area (Å²) in [5, 5.41) is 0. The van der Waals surface area contributed by atoms with Gasteiger partial charge in [0.15, 0.2) is 0 Å². The third-order valence-electron chi connectivity index (χ3n) is 1.67. The van der Waals surface area contributed by atoms with E-state index < -0.39 is 0 Å². The zero-order valence-corrected chi connectivity index (χ0v) is 8.16. The first-order chi connectivity index (χ1) is 6.76. The van der Waals surface area contributed by atoms with Crippen molar-refractivity contribution >= 4 is 5.97 Å². The fourth-order valence-corrected chi connectivity index (χ4v) is 0.971. The number of rotatable bonds is 4. The molecule has 0 spiro atoms. The van der Waals surface area contributed by atoms with E-state index in [4.69, 9.17) is 9.47 Å². The van der Waals surface area contributed by atoms with Crippen LogP contribution in [0.4, 0.5) is 0 Å². The van der Waals surface area contributed by atoms with Crippen LogP contribution in [0.1, 0.15) is 12.8 Å². The molecule has 3 heteroatoms. The summed E-state index contributed by atoms with van der Waals surface area (Å²) in [7, 11) is 1.59. The van der Waals surface area contributed by atoms with Crippen LogP contribution in [-0.2, 0) is 4.79 Å². The van der Waals surface area contributed by atoms with Crippen LogP contribution in [0.25, 0.3) is 0 Å². The van der Waals surface area contributed by atoms with Gasteiger partial charge in [-0.3, -0.25) is 4.79 Å². The van der Waals surface area contributed by atoms with E-state index in [1.54, 1.807) is 31.4 Å². The lowest BCUT2D eigenvalue weighted by Gasteiger charge is -2.04. The van der Waals surface area contributed by atoms with E-state index in [9.17, 15) is 4.79 Å². The van der Waals surface area contributed by atoms with Crippen molar-refractivity contribution in [1.29, 1.82) is 0 Å². The molecular weight excluding hydrogens is 180 g/mol. The van der Waals surface area contributed by atoms with Crippen LogP contribution < -0.4 is 9.47 Å². The number of carbonyl (C=O) groups is 1. The predicted molar refractivity (Wildman–Crippen MR) is 53.2 cm³/mol. The Balaban J connectivity index is 2.55. The minimum atomic E-state index is -0.259. The molecule has 0 amide bonds. The first-order valence-corrected chi connectivity index (χ1v) is 4.40. The third-order valence-corrected chi connectivity index (χ3v) is 1.67. The summed E-state index contributed by atoms with van der Waals surface area (Å²) in [5.74, 6) is 1.01. The van der Waals surface area contributed by atoms with Gasteiger partial charge in [0, 0.05) is 6.42 Å². The molecule has 0 fully saturated rings. The lowest BCUT2D eigenvalue weighted by molar-refractivity contribution is -0.134. The molecule has 0 atom stereocenters. The fourth-order valence-electron chi connectivity index (χ4n) is 0.971. The molecule has 0 aromatic heterocycles. The van der Waals surface area contributed by atoms with E-state index in [2.05, 4.69) is 6.92 Å². The van der Waals surface area contributed by atoms with Gasteiger partial charge in [-0.2, -0.15) is 0 Å². The van der Waals surface area contributed by atoms with Gasteiger partial charge in [0.25, 0.3) is 0 Å². The van der Waals surface area contributed by atoms with Crippen molar-refractivity contribution in [3.63, 3.8) is 0 Å².